The maximum atomic E-state index is 13.2. The predicted molar refractivity (Wildman–Crippen MR) is 145 cm³/mol. The number of likely N-dealkylation sites (N-methyl/N-ethyl adjacent to an activating group) is 1. The zero-order chi connectivity index (χ0) is 27.4. The number of hydrogen-bond acceptors (Lipinski definition) is 6. The molecule has 2 aliphatic heterocycles. The minimum atomic E-state index is -3.68. The maximum absolute atomic E-state index is 13.2. The van der Waals surface area contributed by atoms with Crippen LogP contribution in [0, 0.1) is 0 Å². The van der Waals surface area contributed by atoms with E-state index in [9.17, 15) is 18.0 Å². The lowest BCUT2D eigenvalue weighted by molar-refractivity contribution is -0.139. The number of benzene rings is 2. The van der Waals surface area contributed by atoms with Gasteiger partial charge in [-0.15, -0.1) is 0 Å². The third kappa shape index (κ3) is 6.16. The van der Waals surface area contributed by atoms with E-state index >= 15 is 0 Å². The van der Waals surface area contributed by atoms with Crippen molar-refractivity contribution >= 4 is 45.2 Å². The molecule has 0 spiro atoms. The molecule has 0 bridgehead atoms. The average Bonchev–Trinajstić information content (AvgIpc) is 3.13. The number of nitrogens with one attached hydrogen (secondary N) is 1. The predicted octanol–water partition coefficient (Wildman–Crippen LogP) is 3.90. The summed E-state index contributed by atoms with van der Waals surface area (Å²) in [4.78, 5) is 29.8. The van der Waals surface area contributed by atoms with Crippen LogP contribution in [0.2, 0.25) is 10.0 Å². The maximum Gasteiger partial charge on any atom is 0.338 e. The fourth-order valence-electron chi connectivity index (χ4n) is 4.62. The largest absolute Gasteiger partial charge is 0.463 e. The molecule has 2 aromatic rings. The first kappa shape index (κ1) is 28.4. The quantitative estimate of drug-likeness (QED) is 0.498. The number of rotatable bonds is 7. The van der Waals surface area contributed by atoms with Crippen LogP contribution in [0.4, 0.5) is 4.79 Å². The zero-order valence-corrected chi connectivity index (χ0v) is 23.5. The van der Waals surface area contributed by atoms with Crippen molar-refractivity contribution in [1.29, 1.82) is 0 Å². The Labute approximate surface area is 233 Å². The van der Waals surface area contributed by atoms with Gasteiger partial charge in [0.2, 0.25) is 10.0 Å². The Kier molecular flexibility index (Phi) is 9.00. The van der Waals surface area contributed by atoms with E-state index in [0.29, 0.717) is 52.9 Å². The van der Waals surface area contributed by atoms with Crippen LogP contribution in [0.5, 0.6) is 0 Å². The van der Waals surface area contributed by atoms with Crippen LogP contribution >= 0.6 is 23.2 Å². The Bertz CT molecular complexity index is 1320. The number of amides is 2. The van der Waals surface area contributed by atoms with E-state index in [1.54, 1.807) is 50.4 Å². The standard InChI is InChI=1S/C26H30Cl2N4O5S/c1-3-37-25(33)23-22(30(2)26(34)29-24(23)18-5-7-19(27)8-6-18)17-31-13-4-14-32(16-15-31)38(35,36)21-11-9-20(28)10-12-21/h5-12,24H,3-4,13-17H2,1-2H3,(H,29,34). The fourth-order valence-corrected chi connectivity index (χ4v) is 6.34. The summed E-state index contributed by atoms with van der Waals surface area (Å²) in [5.41, 5.74) is 1.56. The second-order valence-corrected chi connectivity index (χ2v) is 11.9. The third-order valence-corrected chi connectivity index (χ3v) is 9.06. The molecule has 0 aromatic heterocycles. The van der Waals surface area contributed by atoms with E-state index in [2.05, 4.69) is 10.2 Å². The number of sulfonamides is 1. The highest BCUT2D eigenvalue weighted by Crippen LogP contribution is 2.32. The second-order valence-electron chi connectivity index (χ2n) is 9.06. The monoisotopic (exact) mass is 580 g/mol. The third-order valence-electron chi connectivity index (χ3n) is 6.65. The molecule has 4 rings (SSSR count). The van der Waals surface area contributed by atoms with Crippen molar-refractivity contribution in [2.24, 2.45) is 0 Å². The summed E-state index contributed by atoms with van der Waals surface area (Å²) in [6.07, 6.45) is 0.589. The molecule has 9 nitrogen and oxygen atoms in total. The number of carbonyl (C=O) groups is 2. The van der Waals surface area contributed by atoms with Crippen molar-refractivity contribution in [3.05, 3.63) is 75.4 Å². The van der Waals surface area contributed by atoms with Crippen LogP contribution in [-0.4, -0.2) is 80.9 Å². The lowest BCUT2D eigenvalue weighted by Crippen LogP contribution is -2.49. The minimum absolute atomic E-state index is 0.182. The average molecular weight is 582 g/mol. The van der Waals surface area contributed by atoms with Crippen molar-refractivity contribution < 1.29 is 22.7 Å². The van der Waals surface area contributed by atoms with Gasteiger partial charge in [-0.1, -0.05) is 35.3 Å². The zero-order valence-electron chi connectivity index (χ0n) is 21.2. The Morgan fingerprint density at radius 3 is 2.26 bits per heavy atom. The van der Waals surface area contributed by atoms with Gasteiger partial charge in [-0.05, 0) is 61.9 Å². The molecule has 2 aromatic carbocycles. The molecule has 0 radical (unpaired) electrons. The summed E-state index contributed by atoms with van der Waals surface area (Å²) < 4.78 is 33.3. The summed E-state index contributed by atoms with van der Waals surface area (Å²) in [5, 5.41) is 3.90. The SMILES string of the molecule is CCOC(=O)C1=C(CN2CCCN(S(=O)(=O)c3ccc(Cl)cc3)CC2)N(C)C(=O)NC1c1ccc(Cl)cc1. The summed E-state index contributed by atoms with van der Waals surface area (Å²) in [6, 6.07) is 12.0. The molecule has 1 N–H and O–H groups in total. The van der Waals surface area contributed by atoms with E-state index in [0.717, 1.165) is 0 Å². The van der Waals surface area contributed by atoms with E-state index < -0.39 is 22.0 Å². The second kappa shape index (κ2) is 12.0. The van der Waals surface area contributed by atoms with E-state index in [1.165, 1.54) is 21.3 Å². The number of carbonyl (C=O) groups excluding carboxylic acids is 2. The van der Waals surface area contributed by atoms with Gasteiger partial charge < -0.3 is 10.1 Å². The van der Waals surface area contributed by atoms with Gasteiger partial charge in [0.25, 0.3) is 0 Å². The molecule has 0 saturated carbocycles. The summed E-state index contributed by atoms with van der Waals surface area (Å²) >= 11 is 12.0. The van der Waals surface area contributed by atoms with Crippen LogP contribution in [-0.2, 0) is 19.6 Å². The number of ether oxygens (including phenoxy) is 1. The highest BCUT2D eigenvalue weighted by molar-refractivity contribution is 7.89. The molecule has 2 amide bonds. The van der Waals surface area contributed by atoms with Crippen LogP contribution in [0.15, 0.2) is 64.7 Å². The fraction of sp³-hybridized carbons (Fsp3) is 0.385. The van der Waals surface area contributed by atoms with Crippen molar-refractivity contribution in [2.45, 2.75) is 24.3 Å². The van der Waals surface area contributed by atoms with Gasteiger partial charge >= 0.3 is 12.0 Å². The minimum Gasteiger partial charge on any atom is -0.463 e. The molecule has 2 heterocycles. The number of hydrogen-bond donors (Lipinski definition) is 1. The smallest absolute Gasteiger partial charge is 0.338 e. The van der Waals surface area contributed by atoms with Crippen LogP contribution in [0.25, 0.3) is 0 Å². The molecule has 204 valence electrons. The molecule has 1 fully saturated rings. The Morgan fingerprint density at radius 1 is 1.00 bits per heavy atom. The Morgan fingerprint density at radius 2 is 1.63 bits per heavy atom. The van der Waals surface area contributed by atoms with E-state index in [1.807, 2.05) is 0 Å². The highest BCUT2D eigenvalue weighted by Gasteiger charge is 2.38. The summed E-state index contributed by atoms with van der Waals surface area (Å²) in [7, 11) is -2.07. The lowest BCUT2D eigenvalue weighted by atomic mass is 9.94. The first-order valence-electron chi connectivity index (χ1n) is 12.3. The molecule has 2 aliphatic rings. The van der Waals surface area contributed by atoms with Gasteiger partial charge in [-0.2, -0.15) is 4.31 Å². The molecular weight excluding hydrogens is 551 g/mol. The van der Waals surface area contributed by atoms with Crippen molar-refractivity contribution in [3.63, 3.8) is 0 Å². The first-order chi connectivity index (χ1) is 18.1. The van der Waals surface area contributed by atoms with Crippen LogP contribution in [0.1, 0.15) is 24.9 Å². The number of nitrogens with zero attached hydrogens (tertiary/aromatic N) is 3. The van der Waals surface area contributed by atoms with Gasteiger partial charge in [0.15, 0.2) is 0 Å². The number of urea groups is 1. The Balaban J connectivity index is 1.61. The lowest BCUT2D eigenvalue weighted by Gasteiger charge is -2.36. The van der Waals surface area contributed by atoms with Crippen molar-refractivity contribution in [2.75, 3.05) is 46.4 Å². The van der Waals surface area contributed by atoms with Gasteiger partial charge in [-0.3, -0.25) is 9.80 Å². The first-order valence-corrected chi connectivity index (χ1v) is 14.5. The van der Waals surface area contributed by atoms with Gasteiger partial charge in [0.05, 0.1) is 23.1 Å². The summed E-state index contributed by atoms with van der Waals surface area (Å²) in [6.45, 7) is 3.82. The van der Waals surface area contributed by atoms with Gasteiger partial charge in [0.1, 0.15) is 0 Å². The van der Waals surface area contributed by atoms with Crippen molar-refractivity contribution in [1.82, 2.24) is 19.4 Å². The number of esters is 1. The van der Waals surface area contributed by atoms with Crippen molar-refractivity contribution in [3.8, 4) is 0 Å². The molecule has 1 atom stereocenters. The molecular formula is C26H30Cl2N4O5S. The number of halogens is 2. The van der Waals surface area contributed by atoms with Gasteiger partial charge in [0, 0.05) is 49.0 Å². The molecule has 12 heteroatoms. The normalized spacial score (nSPS) is 19.7. The molecule has 0 aliphatic carbocycles. The molecule has 38 heavy (non-hydrogen) atoms. The highest BCUT2D eigenvalue weighted by atomic mass is 35.5. The summed E-state index contributed by atoms with van der Waals surface area (Å²) in [5.74, 6) is -0.518. The van der Waals surface area contributed by atoms with Crippen LogP contribution < -0.4 is 5.32 Å². The van der Waals surface area contributed by atoms with Crippen LogP contribution in [0.3, 0.4) is 0 Å². The van der Waals surface area contributed by atoms with Gasteiger partial charge in [-0.25, -0.2) is 18.0 Å². The molecule has 1 unspecified atom stereocenters. The Hall–Kier alpha value is -2.63. The van der Waals surface area contributed by atoms with E-state index in [-0.39, 0.29) is 30.6 Å². The topological polar surface area (TPSA) is 99.3 Å². The van der Waals surface area contributed by atoms with E-state index in [4.69, 9.17) is 27.9 Å². The molecule has 1 saturated heterocycles.